The average molecular weight is 252 g/mol. The van der Waals surface area contributed by atoms with E-state index in [2.05, 4.69) is 30.4 Å². The second kappa shape index (κ2) is 4.95. The SMILES string of the molecule is CN(C)c1nc(N)nc(CSc2cn[nH]n2)n1. The van der Waals surface area contributed by atoms with E-state index >= 15 is 0 Å². The molecule has 0 saturated heterocycles. The number of aromatic nitrogens is 6. The fraction of sp³-hybridized carbons (Fsp3) is 0.375. The smallest absolute Gasteiger partial charge is 0.229 e. The first-order valence-corrected chi connectivity index (χ1v) is 5.80. The van der Waals surface area contributed by atoms with Gasteiger partial charge in [0.25, 0.3) is 0 Å². The van der Waals surface area contributed by atoms with Crippen LogP contribution in [-0.2, 0) is 5.75 Å². The van der Waals surface area contributed by atoms with Crippen LogP contribution in [0.1, 0.15) is 5.82 Å². The number of anilines is 2. The zero-order valence-electron chi connectivity index (χ0n) is 9.45. The van der Waals surface area contributed by atoms with Crippen LogP contribution in [0.15, 0.2) is 11.2 Å². The van der Waals surface area contributed by atoms with Crippen LogP contribution in [0.4, 0.5) is 11.9 Å². The zero-order valence-corrected chi connectivity index (χ0v) is 10.3. The summed E-state index contributed by atoms with van der Waals surface area (Å²) in [7, 11) is 3.70. The van der Waals surface area contributed by atoms with Gasteiger partial charge in [-0.05, 0) is 0 Å². The van der Waals surface area contributed by atoms with Crippen molar-refractivity contribution in [3.63, 3.8) is 0 Å². The molecule has 2 aromatic rings. The van der Waals surface area contributed by atoms with E-state index in [4.69, 9.17) is 5.73 Å². The minimum absolute atomic E-state index is 0.222. The second-order valence-electron chi connectivity index (χ2n) is 3.40. The van der Waals surface area contributed by atoms with E-state index in [9.17, 15) is 0 Å². The highest BCUT2D eigenvalue weighted by Gasteiger charge is 2.07. The molecule has 0 aliphatic carbocycles. The number of nitrogen functional groups attached to an aromatic ring is 1. The third-order valence-corrected chi connectivity index (χ3v) is 2.72. The third-order valence-electron chi connectivity index (χ3n) is 1.83. The molecule has 0 spiro atoms. The molecule has 8 nitrogen and oxygen atoms in total. The molecule has 90 valence electrons. The molecule has 0 atom stereocenters. The Bertz CT molecular complexity index is 482. The van der Waals surface area contributed by atoms with Gasteiger partial charge in [-0.25, -0.2) is 0 Å². The van der Waals surface area contributed by atoms with Gasteiger partial charge < -0.3 is 10.6 Å². The van der Waals surface area contributed by atoms with Crippen molar-refractivity contribution in [3.05, 3.63) is 12.0 Å². The molecule has 2 aromatic heterocycles. The highest BCUT2D eigenvalue weighted by molar-refractivity contribution is 7.98. The first-order chi connectivity index (χ1) is 8.15. The predicted octanol–water partition coefficient (Wildman–Crippen LogP) is -0.0698. The van der Waals surface area contributed by atoms with E-state index in [1.165, 1.54) is 11.8 Å². The molecule has 0 bridgehead atoms. The Labute approximate surface area is 102 Å². The van der Waals surface area contributed by atoms with Crippen LogP contribution in [0.5, 0.6) is 0 Å². The normalized spacial score (nSPS) is 10.5. The van der Waals surface area contributed by atoms with Crippen molar-refractivity contribution in [1.29, 1.82) is 0 Å². The van der Waals surface area contributed by atoms with Gasteiger partial charge in [0.05, 0.1) is 11.9 Å². The van der Waals surface area contributed by atoms with Crippen molar-refractivity contribution in [2.75, 3.05) is 24.7 Å². The molecule has 2 rings (SSSR count). The van der Waals surface area contributed by atoms with Crippen molar-refractivity contribution in [1.82, 2.24) is 30.4 Å². The largest absolute Gasteiger partial charge is 0.368 e. The van der Waals surface area contributed by atoms with E-state index < -0.39 is 0 Å². The van der Waals surface area contributed by atoms with Gasteiger partial charge in [-0.15, -0.1) is 5.10 Å². The summed E-state index contributed by atoms with van der Waals surface area (Å²) < 4.78 is 0. The summed E-state index contributed by atoms with van der Waals surface area (Å²) in [5.74, 6) is 1.96. The molecule has 2 heterocycles. The zero-order chi connectivity index (χ0) is 12.3. The molecule has 0 amide bonds. The van der Waals surface area contributed by atoms with E-state index in [0.29, 0.717) is 17.5 Å². The quantitative estimate of drug-likeness (QED) is 0.728. The van der Waals surface area contributed by atoms with Gasteiger partial charge in [-0.2, -0.15) is 25.3 Å². The van der Waals surface area contributed by atoms with Crippen LogP contribution in [-0.4, -0.2) is 44.5 Å². The molecular formula is C8H12N8S. The molecule has 0 radical (unpaired) electrons. The summed E-state index contributed by atoms with van der Waals surface area (Å²) in [5, 5.41) is 11.0. The van der Waals surface area contributed by atoms with Crippen molar-refractivity contribution in [2.24, 2.45) is 0 Å². The number of nitrogens with one attached hydrogen (secondary N) is 1. The van der Waals surface area contributed by atoms with Crippen molar-refractivity contribution >= 4 is 23.7 Å². The molecular weight excluding hydrogens is 240 g/mol. The summed E-state index contributed by atoms with van der Waals surface area (Å²) in [5.41, 5.74) is 5.61. The van der Waals surface area contributed by atoms with Crippen LogP contribution >= 0.6 is 11.8 Å². The average Bonchev–Trinajstić information content (AvgIpc) is 2.78. The summed E-state index contributed by atoms with van der Waals surface area (Å²) >= 11 is 1.48. The number of H-pyrrole nitrogens is 1. The number of rotatable bonds is 4. The lowest BCUT2D eigenvalue weighted by Gasteiger charge is -2.10. The number of nitrogens with two attached hydrogens (primary N) is 1. The fourth-order valence-electron chi connectivity index (χ4n) is 1.09. The maximum Gasteiger partial charge on any atom is 0.229 e. The Hall–Kier alpha value is -1.90. The molecule has 0 unspecified atom stereocenters. The van der Waals surface area contributed by atoms with Crippen molar-refractivity contribution in [3.8, 4) is 0 Å². The van der Waals surface area contributed by atoms with Gasteiger partial charge in [0.1, 0.15) is 10.9 Å². The minimum atomic E-state index is 0.222. The van der Waals surface area contributed by atoms with Crippen molar-refractivity contribution in [2.45, 2.75) is 10.8 Å². The summed E-state index contributed by atoms with van der Waals surface area (Å²) in [4.78, 5) is 14.1. The molecule has 0 fully saturated rings. The Morgan fingerprint density at radius 3 is 2.82 bits per heavy atom. The summed E-state index contributed by atoms with van der Waals surface area (Å²) in [6.45, 7) is 0. The number of thioether (sulfide) groups is 1. The standard InChI is InChI=1S/C8H12N8S/c1-16(2)8-12-5(11-7(9)13-8)4-17-6-3-10-15-14-6/h3H,4H2,1-2H3,(H,10,14,15)(H2,9,11,12,13). The van der Waals surface area contributed by atoms with Crippen LogP contribution in [0.3, 0.4) is 0 Å². The van der Waals surface area contributed by atoms with Crippen LogP contribution in [0, 0.1) is 0 Å². The number of hydrogen-bond donors (Lipinski definition) is 2. The molecule has 0 aliphatic rings. The molecule has 17 heavy (non-hydrogen) atoms. The highest BCUT2D eigenvalue weighted by atomic mass is 32.2. The van der Waals surface area contributed by atoms with Crippen LogP contribution in [0.2, 0.25) is 0 Å². The maximum absolute atomic E-state index is 5.61. The van der Waals surface area contributed by atoms with Gasteiger partial charge in [-0.3, -0.25) is 0 Å². The molecule has 9 heteroatoms. The summed E-state index contributed by atoms with van der Waals surface area (Å²) in [6.07, 6.45) is 1.64. The lowest BCUT2D eigenvalue weighted by molar-refractivity contribution is 0.905. The van der Waals surface area contributed by atoms with Gasteiger partial charge in [0, 0.05) is 14.1 Å². The van der Waals surface area contributed by atoms with Crippen LogP contribution < -0.4 is 10.6 Å². The Morgan fingerprint density at radius 2 is 2.18 bits per heavy atom. The number of aromatic amines is 1. The monoisotopic (exact) mass is 252 g/mol. The fourth-order valence-corrected chi connectivity index (χ4v) is 1.73. The first-order valence-electron chi connectivity index (χ1n) is 4.81. The Balaban J connectivity index is 2.10. The van der Waals surface area contributed by atoms with Crippen LogP contribution in [0.25, 0.3) is 0 Å². The van der Waals surface area contributed by atoms with Crippen molar-refractivity contribution < 1.29 is 0 Å². The van der Waals surface area contributed by atoms with Gasteiger partial charge in [0.15, 0.2) is 0 Å². The third kappa shape index (κ3) is 3.03. The predicted molar refractivity (Wildman–Crippen MR) is 64.5 cm³/mol. The van der Waals surface area contributed by atoms with E-state index in [-0.39, 0.29) is 5.95 Å². The number of nitrogens with zero attached hydrogens (tertiary/aromatic N) is 6. The van der Waals surface area contributed by atoms with E-state index in [1.54, 1.807) is 11.1 Å². The Kier molecular flexibility index (Phi) is 3.38. The summed E-state index contributed by atoms with van der Waals surface area (Å²) in [6, 6.07) is 0. The molecule has 0 aliphatic heterocycles. The van der Waals surface area contributed by atoms with Gasteiger partial charge in [-0.1, -0.05) is 11.8 Å². The van der Waals surface area contributed by atoms with E-state index in [1.807, 2.05) is 14.1 Å². The lowest BCUT2D eigenvalue weighted by Crippen LogP contribution is -2.15. The second-order valence-corrected chi connectivity index (χ2v) is 4.40. The molecule has 3 N–H and O–H groups in total. The van der Waals surface area contributed by atoms with Gasteiger partial charge >= 0.3 is 0 Å². The van der Waals surface area contributed by atoms with E-state index in [0.717, 1.165) is 5.03 Å². The highest BCUT2D eigenvalue weighted by Crippen LogP contribution is 2.18. The number of hydrogen-bond acceptors (Lipinski definition) is 8. The lowest BCUT2D eigenvalue weighted by atomic mass is 10.6. The molecule has 0 aromatic carbocycles. The minimum Gasteiger partial charge on any atom is -0.368 e. The first kappa shape index (κ1) is 11.6. The molecule has 0 saturated carbocycles. The topological polar surface area (TPSA) is 110 Å². The maximum atomic E-state index is 5.61. The van der Waals surface area contributed by atoms with Gasteiger partial charge in [0.2, 0.25) is 11.9 Å². The Morgan fingerprint density at radius 1 is 1.35 bits per heavy atom.